The van der Waals surface area contributed by atoms with Crippen molar-refractivity contribution in [1.82, 2.24) is 24.9 Å². The van der Waals surface area contributed by atoms with E-state index in [2.05, 4.69) is 34.3 Å². The number of H-pyrrole nitrogens is 1. The summed E-state index contributed by atoms with van der Waals surface area (Å²) in [5, 5.41) is 10.5. The number of nitrogens with zero attached hydrogens (tertiary/aromatic N) is 4. The highest BCUT2D eigenvalue weighted by Gasteiger charge is 2.47. The molecular formula is C28H40N6O3. The van der Waals surface area contributed by atoms with Gasteiger partial charge in [0.1, 0.15) is 0 Å². The number of piperazine rings is 1. The quantitative estimate of drug-likeness (QED) is 0.652. The van der Waals surface area contributed by atoms with Gasteiger partial charge in [0.25, 0.3) is 5.91 Å². The van der Waals surface area contributed by atoms with E-state index in [0.29, 0.717) is 36.4 Å². The van der Waals surface area contributed by atoms with Crippen molar-refractivity contribution >= 4 is 17.8 Å². The van der Waals surface area contributed by atoms with Crippen molar-refractivity contribution in [3.05, 3.63) is 46.6 Å². The second-order valence-electron chi connectivity index (χ2n) is 11.5. The lowest BCUT2D eigenvalue weighted by Crippen LogP contribution is -2.62. The highest BCUT2D eigenvalue weighted by Crippen LogP contribution is 2.41. The molecule has 2 fully saturated rings. The Labute approximate surface area is 219 Å². The topological polar surface area (TPSA) is 93.8 Å². The SMILES string of the molecule is Cc1ccccc1C(=O)Nc1n[nH]c2c1CN(C(=O)N1C[C@@H](C)N(CC3CCOCC3)C[C@@H]1C)C2(C)C. The lowest BCUT2D eigenvalue weighted by atomic mass is 9.97. The van der Waals surface area contributed by atoms with Crippen LogP contribution in [0.2, 0.25) is 0 Å². The van der Waals surface area contributed by atoms with Crippen molar-refractivity contribution < 1.29 is 14.3 Å². The molecule has 37 heavy (non-hydrogen) atoms. The molecule has 0 spiro atoms. The number of fused-ring (bicyclic) bond motifs is 1. The Bertz CT molecular complexity index is 1150. The van der Waals surface area contributed by atoms with Gasteiger partial charge in [-0.3, -0.25) is 14.8 Å². The van der Waals surface area contributed by atoms with Gasteiger partial charge in [-0.25, -0.2) is 4.79 Å². The number of ether oxygens (including phenoxy) is 1. The Morgan fingerprint density at radius 3 is 2.59 bits per heavy atom. The van der Waals surface area contributed by atoms with Crippen molar-refractivity contribution in [2.24, 2.45) is 5.92 Å². The van der Waals surface area contributed by atoms with Gasteiger partial charge in [-0.05, 0) is 65.0 Å². The number of nitrogens with one attached hydrogen (secondary N) is 2. The molecule has 5 rings (SSSR count). The van der Waals surface area contributed by atoms with Crippen LogP contribution in [0.25, 0.3) is 0 Å². The van der Waals surface area contributed by atoms with Crippen molar-refractivity contribution in [2.45, 2.75) is 71.6 Å². The molecule has 1 aromatic carbocycles. The van der Waals surface area contributed by atoms with Crippen LogP contribution >= 0.6 is 0 Å². The van der Waals surface area contributed by atoms with Crippen LogP contribution in [-0.2, 0) is 16.8 Å². The Balaban J connectivity index is 1.27. The van der Waals surface area contributed by atoms with Gasteiger partial charge in [0.15, 0.2) is 5.82 Å². The molecule has 0 bridgehead atoms. The minimum Gasteiger partial charge on any atom is -0.381 e. The number of rotatable bonds is 4. The molecule has 4 heterocycles. The number of aromatic amines is 1. The van der Waals surface area contributed by atoms with Crippen LogP contribution in [-0.4, -0.2) is 81.8 Å². The molecule has 3 amide bonds. The second-order valence-corrected chi connectivity index (χ2v) is 11.5. The predicted molar refractivity (Wildman–Crippen MR) is 142 cm³/mol. The first-order chi connectivity index (χ1) is 17.7. The molecule has 0 saturated carbocycles. The number of aryl methyl sites for hydroxylation is 1. The van der Waals surface area contributed by atoms with Crippen LogP contribution in [0, 0.1) is 12.8 Å². The van der Waals surface area contributed by atoms with Gasteiger partial charge in [0, 0.05) is 56.1 Å². The van der Waals surface area contributed by atoms with Gasteiger partial charge in [-0.15, -0.1) is 0 Å². The van der Waals surface area contributed by atoms with Crippen molar-refractivity contribution in [3.8, 4) is 0 Å². The maximum Gasteiger partial charge on any atom is 0.321 e. The molecule has 1 aromatic heterocycles. The van der Waals surface area contributed by atoms with Gasteiger partial charge < -0.3 is 19.9 Å². The Morgan fingerprint density at radius 2 is 1.86 bits per heavy atom. The van der Waals surface area contributed by atoms with E-state index in [9.17, 15) is 9.59 Å². The highest BCUT2D eigenvalue weighted by atomic mass is 16.5. The van der Waals surface area contributed by atoms with Crippen LogP contribution in [0.1, 0.15) is 67.7 Å². The third kappa shape index (κ3) is 4.86. The van der Waals surface area contributed by atoms with Gasteiger partial charge in [0.05, 0.1) is 17.8 Å². The minimum absolute atomic E-state index is 0.0378. The molecule has 2 aromatic rings. The molecule has 0 aliphatic carbocycles. The van der Waals surface area contributed by atoms with Crippen LogP contribution in [0.3, 0.4) is 0 Å². The highest BCUT2D eigenvalue weighted by molar-refractivity contribution is 6.05. The van der Waals surface area contributed by atoms with Gasteiger partial charge >= 0.3 is 6.03 Å². The number of carbonyl (C=O) groups excluding carboxylic acids is 2. The molecule has 9 heteroatoms. The largest absolute Gasteiger partial charge is 0.381 e. The Hall–Kier alpha value is -2.91. The van der Waals surface area contributed by atoms with Crippen molar-refractivity contribution in [1.29, 1.82) is 0 Å². The summed E-state index contributed by atoms with van der Waals surface area (Å²) >= 11 is 0. The summed E-state index contributed by atoms with van der Waals surface area (Å²) < 4.78 is 5.53. The summed E-state index contributed by atoms with van der Waals surface area (Å²) in [4.78, 5) is 33.4. The zero-order valence-electron chi connectivity index (χ0n) is 22.7. The number of anilines is 1. The third-order valence-electron chi connectivity index (χ3n) is 8.52. The Morgan fingerprint density at radius 1 is 1.14 bits per heavy atom. The van der Waals surface area contributed by atoms with E-state index in [4.69, 9.17) is 4.74 Å². The molecule has 0 radical (unpaired) electrons. The molecule has 9 nitrogen and oxygen atoms in total. The van der Waals surface area contributed by atoms with Gasteiger partial charge in [-0.2, -0.15) is 5.10 Å². The fourth-order valence-corrected chi connectivity index (χ4v) is 6.06. The summed E-state index contributed by atoms with van der Waals surface area (Å²) in [5.74, 6) is 0.974. The zero-order valence-corrected chi connectivity index (χ0v) is 22.7. The van der Waals surface area contributed by atoms with Gasteiger partial charge in [-0.1, -0.05) is 18.2 Å². The minimum atomic E-state index is -0.562. The second kappa shape index (κ2) is 10.1. The third-order valence-corrected chi connectivity index (χ3v) is 8.52. The van der Waals surface area contributed by atoms with Crippen LogP contribution < -0.4 is 5.32 Å². The molecule has 2 saturated heterocycles. The molecular weight excluding hydrogens is 468 g/mol. The fourth-order valence-electron chi connectivity index (χ4n) is 6.06. The summed E-state index contributed by atoms with van der Waals surface area (Å²) in [5.41, 5.74) is 2.71. The molecule has 0 unspecified atom stereocenters. The summed E-state index contributed by atoms with van der Waals surface area (Å²) in [6, 6.07) is 7.95. The average molecular weight is 509 g/mol. The maximum atomic E-state index is 13.9. The smallest absolute Gasteiger partial charge is 0.321 e. The molecule has 200 valence electrons. The zero-order chi connectivity index (χ0) is 26.3. The van der Waals surface area contributed by atoms with Crippen molar-refractivity contribution in [3.63, 3.8) is 0 Å². The average Bonchev–Trinajstić information content (AvgIpc) is 3.39. The molecule has 2 atom stereocenters. The summed E-state index contributed by atoms with van der Waals surface area (Å²) in [7, 11) is 0. The number of hydrogen-bond acceptors (Lipinski definition) is 5. The number of aromatic nitrogens is 2. The van der Waals surface area contributed by atoms with Crippen molar-refractivity contribution in [2.75, 3.05) is 38.2 Å². The van der Waals surface area contributed by atoms with E-state index in [1.54, 1.807) is 0 Å². The van der Waals surface area contributed by atoms with Crippen LogP contribution in [0.15, 0.2) is 24.3 Å². The Kier molecular flexibility index (Phi) is 7.02. The lowest BCUT2D eigenvalue weighted by Gasteiger charge is -2.47. The summed E-state index contributed by atoms with van der Waals surface area (Å²) in [6.45, 7) is 15.2. The first-order valence-corrected chi connectivity index (χ1v) is 13.5. The van der Waals surface area contributed by atoms with E-state index in [0.717, 1.165) is 56.0 Å². The summed E-state index contributed by atoms with van der Waals surface area (Å²) in [6.07, 6.45) is 2.24. The number of hydrogen-bond donors (Lipinski definition) is 2. The van der Waals surface area contributed by atoms with Crippen LogP contribution in [0.5, 0.6) is 0 Å². The van der Waals surface area contributed by atoms with E-state index in [1.165, 1.54) is 0 Å². The number of urea groups is 1. The molecule has 3 aliphatic rings. The number of benzene rings is 1. The van der Waals surface area contributed by atoms with Crippen LogP contribution in [0.4, 0.5) is 10.6 Å². The maximum absolute atomic E-state index is 13.9. The van der Waals surface area contributed by atoms with E-state index >= 15 is 0 Å². The lowest BCUT2D eigenvalue weighted by molar-refractivity contribution is 0.00882. The van der Waals surface area contributed by atoms with Gasteiger partial charge in [0.2, 0.25) is 0 Å². The van der Waals surface area contributed by atoms with E-state index < -0.39 is 5.54 Å². The number of amides is 3. The predicted octanol–water partition coefficient (Wildman–Crippen LogP) is 3.96. The molecule has 3 aliphatic heterocycles. The molecule has 2 N–H and O–H groups in total. The first kappa shape index (κ1) is 25.7. The van der Waals surface area contributed by atoms with E-state index in [1.807, 2.05) is 54.8 Å². The monoisotopic (exact) mass is 508 g/mol. The fraction of sp³-hybridized carbons (Fsp3) is 0.607. The van der Waals surface area contributed by atoms with E-state index in [-0.39, 0.29) is 18.0 Å². The standard InChI is InChI=1S/C28H40N6O3/c1-18-8-6-7-9-22(18)26(35)29-25-23-17-34(28(4,5)24(23)30-31-25)27(36)33-15-19(2)32(14-20(33)3)16-21-10-12-37-13-11-21/h6-9,19-21H,10-17H2,1-5H3,(H2,29,30,31,35)/t19-,20+/m1/s1. The normalized spacial score (nSPS) is 24.2. The first-order valence-electron chi connectivity index (χ1n) is 13.5. The number of carbonyl (C=O) groups is 2.